The average Bonchev–Trinajstić information content (AvgIpc) is 2.39. The maximum Gasteiger partial charge on any atom is 0.252 e. The smallest absolute Gasteiger partial charge is 0.252 e. The van der Waals surface area contributed by atoms with Gasteiger partial charge in [0.25, 0.3) is 5.91 Å². The van der Waals surface area contributed by atoms with Crippen molar-refractivity contribution in [2.75, 3.05) is 0 Å². The standard InChI is InChI=1S/C16H20N2O/c1-12-6-7-14(13(2)10-12)15(19)18-16(11-17)8-4-3-5-9-16/h6-7,10H,3-5,8-9H2,1-2H3,(H,18,19). The van der Waals surface area contributed by atoms with Crippen LogP contribution in [0.3, 0.4) is 0 Å². The fourth-order valence-corrected chi connectivity index (χ4v) is 2.77. The highest BCUT2D eigenvalue weighted by atomic mass is 16.1. The Morgan fingerprint density at radius 3 is 2.53 bits per heavy atom. The van der Waals surface area contributed by atoms with Crippen LogP contribution in [0.15, 0.2) is 18.2 Å². The van der Waals surface area contributed by atoms with Crippen LogP contribution < -0.4 is 5.32 Å². The quantitative estimate of drug-likeness (QED) is 0.883. The molecule has 0 heterocycles. The first kappa shape index (κ1) is 13.6. The van der Waals surface area contributed by atoms with Gasteiger partial charge in [0.05, 0.1) is 6.07 Å². The molecule has 100 valence electrons. The average molecular weight is 256 g/mol. The Morgan fingerprint density at radius 1 is 1.26 bits per heavy atom. The summed E-state index contributed by atoms with van der Waals surface area (Å²) in [5.41, 5.74) is 2.11. The zero-order chi connectivity index (χ0) is 13.9. The predicted octanol–water partition coefficient (Wildman–Crippen LogP) is 3.26. The summed E-state index contributed by atoms with van der Waals surface area (Å²) in [5, 5.41) is 12.3. The molecule has 0 unspecified atom stereocenters. The van der Waals surface area contributed by atoms with E-state index in [1.54, 1.807) is 0 Å². The molecule has 1 saturated carbocycles. The predicted molar refractivity (Wildman–Crippen MR) is 74.8 cm³/mol. The number of carbonyl (C=O) groups excluding carboxylic acids is 1. The molecule has 19 heavy (non-hydrogen) atoms. The Hall–Kier alpha value is -1.82. The van der Waals surface area contributed by atoms with Crippen molar-refractivity contribution in [2.24, 2.45) is 0 Å². The lowest BCUT2D eigenvalue weighted by Gasteiger charge is -2.31. The van der Waals surface area contributed by atoms with Crippen LogP contribution in [0.4, 0.5) is 0 Å². The van der Waals surface area contributed by atoms with Gasteiger partial charge in [-0.2, -0.15) is 5.26 Å². The van der Waals surface area contributed by atoms with E-state index >= 15 is 0 Å². The number of hydrogen-bond acceptors (Lipinski definition) is 2. The van der Waals surface area contributed by atoms with Gasteiger partial charge in [-0.15, -0.1) is 0 Å². The molecular weight excluding hydrogens is 236 g/mol. The molecule has 0 spiro atoms. The highest BCUT2D eigenvalue weighted by Crippen LogP contribution is 2.28. The van der Waals surface area contributed by atoms with Crippen LogP contribution in [0.25, 0.3) is 0 Å². The number of amides is 1. The van der Waals surface area contributed by atoms with Crippen molar-refractivity contribution in [3.8, 4) is 6.07 Å². The van der Waals surface area contributed by atoms with E-state index in [0.717, 1.165) is 43.2 Å². The van der Waals surface area contributed by atoms with Crippen molar-refractivity contribution in [3.05, 3.63) is 34.9 Å². The van der Waals surface area contributed by atoms with E-state index in [-0.39, 0.29) is 5.91 Å². The number of hydrogen-bond donors (Lipinski definition) is 1. The van der Waals surface area contributed by atoms with Crippen LogP contribution >= 0.6 is 0 Å². The van der Waals surface area contributed by atoms with Crippen molar-refractivity contribution < 1.29 is 4.79 Å². The van der Waals surface area contributed by atoms with Gasteiger partial charge >= 0.3 is 0 Å². The number of benzene rings is 1. The van der Waals surface area contributed by atoms with Crippen molar-refractivity contribution in [2.45, 2.75) is 51.5 Å². The summed E-state index contributed by atoms with van der Waals surface area (Å²) in [4.78, 5) is 12.3. The molecule has 0 saturated heterocycles. The molecule has 1 aliphatic rings. The molecule has 1 aromatic carbocycles. The Morgan fingerprint density at radius 2 is 1.95 bits per heavy atom. The first-order chi connectivity index (χ1) is 9.06. The first-order valence-corrected chi connectivity index (χ1v) is 6.87. The molecule has 1 aromatic rings. The third-order valence-electron chi connectivity index (χ3n) is 3.90. The molecule has 0 atom stereocenters. The summed E-state index contributed by atoms with van der Waals surface area (Å²) >= 11 is 0. The van der Waals surface area contributed by atoms with Crippen LogP contribution in [0.1, 0.15) is 53.6 Å². The fourth-order valence-electron chi connectivity index (χ4n) is 2.77. The molecular formula is C16H20N2O. The molecule has 3 heteroatoms. The molecule has 2 rings (SSSR count). The first-order valence-electron chi connectivity index (χ1n) is 6.87. The van der Waals surface area contributed by atoms with Crippen molar-refractivity contribution in [1.29, 1.82) is 5.26 Å². The van der Waals surface area contributed by atoms with Crippen LogP contribution in [0, 0.1) is 25.2 Å². The second kappa shape index (κ2) is 5.44. The van der Waals surface area contributed by atoms with E-state index in [1.807, 2.05) is 32.0 Å². The monoisotopic (exact) mass is 256 g/mol. The van der Waals surface area contributed by atoms with Crippen molar-refractivity contribution in [3.63, 3.8) is 0 Å². The highest BCUT2D eigenvalue weighted by Gasteiger charge is 2.33. The SMILES string of the molecule is Cc1ccc(C(=O)NC2(C#N)CCCCC2)c(C)c1. The number of nitrogens with one attached hydrogen (secondary N) is 1. The Labute approximate surface area is 114 Å². The van der Waals surface area contributed by atoms with Gasteiger partial charge in [0.1, 0.15) is 5.54 Å². The van der Waals surface area contributed by atoms with Crippen LogP contribution in [-0.4, -0.2) is 11.4 Å². The Bertz CT molecular complexity index is 522. The number of nitriles is 1. The topological polar surface area (TPSA) is 52.9 Å². The Balaban J connectivity index is 2.18. The third kappa shape index (κ3) is 2.96. The molecule has 1 amide bonds. The summed E-state index contributed by atoms with van der Waals surface area (Å²) in [6, 6.07) is 8.09. The number of carbonyl (C=O) groups is 1. The van der Waals surface area contributed by atoms with E-state index in [0.29, 0.717) is 5.56 Å². The van der Waals surface area contributed by atoms with Crippen LogP contribution in [0.5, 0.6) is 0 Å². The lowest BCUT2D eigenvalue weighted by atomic mass is 9.82. The fraction of sp³-hybridized carbons (Fsp3) is 0.500. The molecule has 0 aliphatic heterocycles. The van der Waals surface area contributed by atoms with E-state index < -0.39 is 5.54 Å². The molecule has 1 aliphatic carbocycles. The Kier molecular flexibility index (Phi) is 3.90. The van der Waals surface area contributed by atoms with E-state index in [1.165, 1.54) is 0 Å². The maximum atomic E-state index is 12.3. The van der Waals surface area contributed by atoms with Crippen LogP contribution in [0.2, 0.25) is 0 Å². The van der Waals surface area contributed by atoms with Gasteiger partial charge < -0.3 is 5.32 Å². The number of rotatable bonds is 2. The zero-order valence-electron chi connectivity index (χ0n) is 11.6. The van der Waals surface area contributed by atoms with Gasteiger partial charge in [0.2, 0.25) is 0 Å². The van der Waals surface area contributed by atoms with E-state index in [9.17, 15) is 10.1 Å². The second-order valence-corrected chi connectivity index (χ2v) is 5.53. The second-order valence-electron chi connectivity index (χ2n) is 5.53. The molecule has 1 N–H and O–H groups in total. The van der Waals surface area contributed by atoms with Gasteiger partial charge in [-0.05, 0) is 38.3 Å². The van der Waals surface area contributed by atoms with E-state index in [4.69, 9.17) is 0 Å². The summed E-state index contributed by atoms with van der Waals surface area (Å²) in [6.07, 6.45) is 4.71. The minimum absolute atomic E-state index is 0.124. The van der Waals surface area contributed by atoms with Gasteiger partial charge in [0.15, 0.2) is 0 Å². The lowest BCUT2D eigenvalue weighted by Crippen LogP contribution is -2.48. The molecule has 0 aromatic heterocycles. The molecule has 1 fully saturated rings. The van der Waals surface area contributed by atoms with Crippen molar-refractivity contribution >= 4 is 5.91 Å². The van der Waals surface area contributed by atoms with Crippen molar-refractivity contribution in [1.82, 2.24) is 5.32 Å². The van der Waals surface area contributed by atoms with Gasteiger partial charge in [-0.1, -0.05) is 37.0 Å². The highest BCUT2D eigenvalue weighted by molar-refractivity contribution is 5.96. The molecule has 0 radical (unpaired) electrons. The van der Waals surface area contributed by atoms with E-state index in [2.05, 4.69) is 11.4 Å². The molecule has 0 bridgehead atoms. The van der Waals surface area contributed by atoms with Gasteiger partial charge in [-0.3, -0.25) is 4.79 Å². The largest absolute Gasteiger partial charge is 0.334 e. The third-order valence-corrected chi connectivity index (χ3v) is 3.90. The minimum Gasteiger partial charge on any atom is -0.334 e. The minimum atomic E-state index is -0.660. The summed E-state index contributed by atoms with van der Waals surface area (Å²) in [6.45, 7) is 3.94. The lowest BCUT2D eigenvalue weighted by molar-refractivity contribution is 0.0902. The van der Waals surface area contributed by atoms with Crippen LogP contribution in [-0.2, 0) is 0 Å². The maximum absolute atomic E-state index is 12.3. The summed E-state index contributed by atoms with van der Waals surface area (Å²) < 4.78 is 0. The number of aryl methyl sites for hydroxylation is 2. The summed E-state index contributed by atoms with van der Waals surface area (Å²) in [7, 11) is 0. The molecule has 3 nitrogen and oxygen atoms in total. The normalized spacial score (nSPS) is 17.5. The summed E-state index contributed by atoms with van der Waals surface area (Å²) in [5.74, 6) is -0.124. The zero-order valence-corrected chi connectivity index (χ0v) is 11.6. The van der Waals surface area contributed by atoms with Gasteiger partial charge in [0, 0.05) is 5.56 Å². The number of nitrogens with zero attached hydrogens (tertiary/aromatic N) is 1. The van der Waals surface area contributed by atoms with Gasteiger partial charge in [-0.25, -0.2) is 0 Å².